The number of carbonyl (C=O) groups excluding carboxylic acids is 2. The van der Waals surface area contributed by atoms with E-state index < -0.39 is 4.92 Å². The highest BCUT2D eigenvalue weighted by atomic mass is 16.6. The smallest absolute Gasteiger partial charge is 0.280 e. The average molecular weight is 417 g/mol. The van der Waals surface area contributed by atoms with Crippen LogP contribution in [0.5, 0.6) is 0 Å². The molecular weight excluding hydrogens is 398 g/mol. The molecule has 0 N–H and O–H groups in total. The average Bonchev–Trinajstić information content (AvgIpc) is 3.03. The molecule has 2 bridgehead atoms. The molecule has 2 saturated carbocycles. The summed E-state index contributed by atoms with van der Waals surface area (Å²) < 4.78 is 5.71. The molecule has 31 heavy (non-hydrogen) atoms. The van der Waals surface area contributed by atoms with Crippen LogP contribution in [0.4, 0.5) is 5.69 Å². The number of furan rings is 1. The number of carbonyl (C=O) groups is 2. The minimum absolute atomic E-state index is 0.0486. The summed E-state index contributed by atoms with van der Waals surface area (Å²) in [6.45, 7) is 1.78. The maximum atomic E-state index is 13.0. The lowest BCUT2D eigenvalue weighted by Gasteiger charge is -2.18. The van der Waals surface area contributed by atoms with Gasteiger partial charge in [-0.05, 0) is 60.8 Å². The van der Waals surface area contributed by atoms with Crippen molar-refractivity contribution >= 4 is 23.7 Å². The summed E-state index contributed by atoms with van der Waals surface area (Å²) in [7, 11) is 0. The Balaban J connectivity index is 1.25. The molecule has 8 nitrogen and oxygen atoms in total. The largest absolute Gasteiger partial charge is 0.455 e. The van der Waals surface area contributed by atoms with Gasteiger partial charge in [0, 0.05) is 6.07 Å². The van der Waals surface area contributed by atoms with Crippen LogP contribution in [0.3, 0.4) is 0 Å². The molecule has 8 heteroatoms. The number of nitro benzene ring substituents is 1. The van der Waals surface area contributed by atoms with E-state index in [2.05, 4.69) is 17.3 Å². The minimum atomic E-state index is -0.450. The second-order valence-electron chi connectivity index (χ2n) is 8.93. The van der Waals surface area contributed by atoms with Crippen LogP contribution in [-0.2, 0) is 9.59 Å². The second kappa shape index (κ2) is 6.00. The predicted octanol–water partition coefficient (Wildman–Crippen LogP) is 3.69. The molecule has 1 aliphatic heterocycles. The van der Waals surface area contributed by atoms with E-state index in [0.29, 0.717) is 17.1 Å². The van der Waals surface area contributed by atoms with Gasteiger partial charge in [-0.1, -0.05) is 18.2 Å². The fraction of sp³-hybridized carbons (Fsp3) is 0.348. The molecule has 3 aliphatic carbocycles. The molecule has 4 atom stereocenters. The van der Waals surface area contributed by atoms with Gasteiger partial charge in [-0.25, -0.2) is 0 Å². The van der Waals surface area contributed by atoms with Crippen LogP contribution in [0, 0.1) is 46.1 Å². The van der Waals surface area contributed by atoms with Gasteiger partial charge >= 0.3 is 0 Å². The first-order valence-corrected chi connectivity index (χ1v) is 10.4. The third kappa shape index (κ3) is 2.38. The van der Waals surface area contributed by atoms with E-state index in [-0.39, 0.29) is 46.6 Å². The van der Waals surface area contributed by atoms with Gasteiger partial charge in [0.1, 0.15) is 11.5 Å². The zero-order valence-electron chi connectivity index (χ0n) is 16.7. The van der Waals surface area contributed by atoms with E-state index in [1.807, 2.05) is 0 Å². The maximum absolute atomic E-state index is 13.0. The summed E-state index contributed by atoms with van der Waals surface area (Å²) in [5, 5.41) is 16.5. The number of aryl methyl sites for hydroxylation is 1. The zero-order valence-corrected chi connectivity index (χ0v) is 16.7. The number of benzene rings is 1. The summed E-state index contributed by atoms with van der Waals surface area (Å²) in [4.78, 5) is 36.8. The molecule has 1 saturated heterocycles. The fourth-order valence-electron chi connectivity index (χ4n) is 5.86. The van der Waals surface area contributed by atoms with Gasteiger partial charge in [-0.2, -0.15) is 10.1 Å². The van der Waals surface area contributed by atoms with Crippen molar-refractivity contribution < 1.29 is 18.9 Å². The third-order valence-corrected chi connectivity index (χ3v) is 7.37. The predicted molar refractivity (Wildman–Crippen MR) is 110 cm³/mol. The summed E-state index contributed by atoms with van der Waals surface area (Å²) in [6, 6.07) is 8.12. The Morgan fingerprint density at radius 1 is 1.13 bits per heavy atom. The maximum Gasteiger partial charge on any atom is 0.280 e. The van der Waals surface area contributed by atoms with Crippen LogP contribution >= 0.6 is 0 Å². The number of imide groups is 1. The number of nitrogens with zero attached hydrogens (tertiary/aromatic N) is 3. The van der Waals surface area contributed by atoms with Crippen molar-refractivity contribution in [1.82, 2.24) is 5.01 Å². The Kier molecular flexibility index (Phi) is 3.53. The topological polar surface area (TPSA) is 106 Å². The number of nitro groups is 1. The number of fused-ring (bicyclic) bond motifs is 3. The van der Waals surface area contributed by atoms with Gasteiger partial charge in [-0.3, -0.25) is 19.7 Å². The lowest BCUT2D eigenvalue weighted by atomic mass is 9.85. The highest BCUT2D eigenvalue weighted by Crippen LogP contribution is 2.73. The van der Waals surface area contributed by atoms with Crippen molar-refractivity contribution in [3.63, 3.8) is 0 Å². The molecule has 6 rings (SSSR count). The second-order valence-corrected chi connectivity index (χ2v) is 8.93. The van der Waals surface area contributed by atoms with Crippen LogP contribution in [0.15, 0.2) is 52.0 Å². The van der Waals surface area contributed by atoms with Gasteiger partial charge in [-0.15, -0.1) is 0 Å². The monoisotopic (exact) mass is 417 g/mol. The van der Waals surface area contributed by atoms with Crippen LogP contribution < -0.4 is 0 Å². The Hall–Kier alpha value is -3.55. The van der Waals surface area contributed by atoms with Crippen molar-refractivity contribution in [1.29, 1.82) is 0 Å². The SMILES string of the molecule is Cc1ccc(-c2ccc(/C=N\N3C(=O)[C@@H]4[C@@H](C3=O)[C@@H]3C=C[C@H]4C34CC4)o2)c([N+](=O)[O-])c1. The normalized spacial score (nSPS) is 29.5. The zero-order chi connectivity index (χ0) is 21.5. The molecule has 2 amide bonds. The van der Waals surface area contributed by atoms with Crippen LogP contribution in [0.1, 0.15) is 24.2 Å². The number of amides is 2. The van der Waals surface area contributed by atoms with E-state index in [0.717, 1.165) is 23.4 Å². The number of hydrogen-bond acceptors (Lipinski definition) is 6. The van der Waals surface area contributed by atoms with E-state index in [4.69, 9.17) is 4.42 Å². The summed E-state index contributed by atoms with van der Waals surface area (Å²) >= 11 is 0. The highest BCUT2D eigenvalue weighted by molar-refractivity contribution is 6.07. The van der Waals surface area contributed by atoms with Crippen molar-refractivity contribution in [2.75, 3.05) is 0 Å². The molecule has 2 heterocycles. The summed E-state index contributed by atoms with van der Waals surface area (Å²) in [5.41, 5.74) is 1.23. The first-order valence-electron chi connectivity index (χ1n) is 10.4. The Morgan fingerprint density at radius 3 is 2.42 bits per heavy atom. The van der Waals surface area contributed by atoms with Crippen molar-refractivity contribution in [2.45, 2.75) is 19.8 Å². The van der Waals surface area contributed by atoms with Gasteiger partial charge in [0.15, 0.2) is 0 Å². The van der Waals surface area contributed by atoms with Gasteiger partial charge < -0.3 is 4.42 Å². The molecule has 2 aromatic rings. The molecule has 156 valence electrons. The quantitative estimate of drug-likeness (QED) is 0.248. The van der Waals surface area contributed by atoms with E-state index in [1.165, 1.54) is 12.3 Å². The molecule has 4 aliphatic rings. The first-order chi connectivity index (χ1) is 14.9. The van der Waals surface area contributed by atoms with Crippen molar-refractivity contribution in [2.24, 2.45) is 34.2 Å². The van der Waals surface area contributed by atoms with Crippen LogP contribution in [-0.4, -0.2) is 28.0 Å². The van der Waals surface area contributed by atoms with Crippen LogP contribution in [0.25, 0.3) is 11.3 Å². The number of rotatable bonds is 4. The number of hydrogen-bond donors (Lipinski definition) is 0. The molecular formula is C23H19N3O5. The van der Waals surface area contributed by atoms with Gasteiger partial charge in [0.2, 0.25) is 0 Å². The lowest BCUT2D eigenvalue weighted by Crippen LogP contribution is -2.30. The van der Waals surface area contributed by atoms with Gasteiger partial charge in [0.05, 0.1) is 28.5 Å². The molecule has 1 spiro atoms. The molecule has 1 aromatic heterocycles. The molecule has 1 aromatic carbocycles. The lowest BCUT2D eigenvalue weighted by molar-refractivity contribution is -0.384. The number of allylic oxidation sites excluding steroid dienone is 2. The van der Waals surface area contributed by atoms with E-state index >= 15 is 0 Å². The highest BCUT2D eigenvalue weighted by Gasteiger charge is 2.73. The molecule has 0 unspecified atom stereocenters. The fourth-order valence-corrected chi connectivity index (χ4v) is 5.86. The Bertz CT molecular complexity index is 1190. The summed E-state index contributed by atoms with van der Waals surface area (Å²) in [6.07, 6.45) is 7.73. The minimum Gasteiger partial charge on any atom is -0.455 e. The third-order valence-electron chi connectivity index (χ3n) is 7.37. The number of hydrazone groups is 1. The standard InChI is InChI=1S/C23H19N3O5/c1-12-2-4-14(17(10-12)26(29)30)18-7-3-13(31-18)11-24-25-21(27)19-15-5-6-16(20(19)22(25)28)23(15)8-9-23/h2-7,10-11,15-16,19-20H,8-9H2,1H3/b24-11-/t15-,16+,19-,20-/m0/s1. The Labute approximate surface area is 177 Å². The summed E-state index contributed by atoms with van der Waals surface area (Å²) in [5.74, 6) is -0.156. The Morgan fingerprint density at radius 2 is 1.81 bits per heavy atom. The first kappa shape index (κ1) is 18.2. The van der Waals surface area contributed by atoms with Crippen molar-refractivity contribution in [3.05, 3.63) is 63.9 Å². The van der Waals surface area contributed by atoms with Gasteiger partial charge in [0.25, 0.3) is 17.5 Å². The molecule has 3 fully saturated rings. The van der Waals surface area contributed by atoms with E-state index in [1.54, 1.807) is 31.2 Å². The molecule has 0 radical (unpaired) electrons. The van der Waals surface area contributed by atoms with E-state index in [9.17, 15) is 19.7 Å². The van der Waals surface area contributed by atoms with Crippen LogP contribution in [0.2, 0.25) is 0 Å². The van der Waals surface area contributed by atoms with Crippen molar-refractivity contribution in [3.8, 4) is 11.3 Å².